The van der Waals surface area contributed by atoms with Gasteiger partial charge in [-0.05, 0) is 23.6 Å². The molecule has 2 aromatic rings. The Balaban J connectivity index is 2.06. The first-order chi connectivity index (χ1) is 9.38. The Morgan fingerprint density at radius 2 is 1.11 bits per heavy atom. The van der Waals surface area contributed by atoms with E-state index in [1.807, 2.05) is 12.1 Å². The number of rotatable bonds is 4. The molecule has 0 aliphatic heterocycles. The maximum absolute atomic E-state index is 2.13. The molecule has 0 aliphatic carbocycles. The van der Waals surface area contributed by atoms with E-state index in [4.69, 9.17) is 0 Å². The van der Waals surface area contributed by atoms with Crippen LogP contribution in [0.15, 0.2) is 84.5 Å². The Morgan fingerprint density at radius 3 is 1.47 bits per heavy atom. The summed E-state index contributed by atoms with van der Waals surface area (Å²) in [7, 11) is 0. The highest BCUT2D eigenvalue weighted by Crippen LogP contribution is 2.09. The molecule has 0 bridgehead atoms. The predicted octanol–water partition coefficient (Wildman–Crippen LogP) is 5.36. The van der Waals surface area contributed by atoms with Crippen LogP contribution < -0.4 is 0 Å². The van der Waals surface area contributed by atoms with Crippen LogP contribution in [0.25, 0.3) is 12.2 Å². The number of hydrogen-bond acceptors (Lipinski definition) is 0. The lowest BCUT2D eigenvalue weighted by Crippen LogP contribution is -1.74. The molecule has 0 unspecified atom stereocenters. The lowest BCUT2D eigenvalue weighted by atomic mass is 10.1. The van der Waals surface area contributed by atoms with E-state index in [-0.39, 0.29) is 0 Å². The topological polar surface area (TPSA) is 0 Å². The van der Waals surface area contributed by atoms with E-state index in [9.17, 15) is 0 Å². The molecule has 0 heterocycles. The van der Waals surface area contributed by atoms with Crippen molar-refractivity contribution in [3.05, 3.63) is 95.6 Å². The van der Waals surface area contributed by atoms with Gasteiger partial charge in [0.05, 0.1) is 0 Å². The minimum absolute atomic E-state index is 1.20. The fraction of sp³-hybridized carbons (Fsp3) is 0.0526. The van der Waals surface area contributed by atoms with Crippen molar-refractivity contribution in [3.63, 3.8) is 0 Å². The summed E-state index contributed by atoms with van der Waals surface area (Å²) in [5, 5.41) is 0. The fourth-order valence-electron chi connectivity index (χ4n) is 1.76. The Hall–Kier alpha value is -2.34. The molecule has 0 radical (unpaired) electrons. The molecule has 0 saturated heterocycles. The van der Waals surface area contributed by atoms with Crippen molar-refractivity contribution in [2.24, 2.45) is 0 Å². The summed E-state index contributed by atoms with van der Waals surface area (Å²) in [5.74, 6) is 0. The van der Waals surface area contributed by atoms with Crippen LogP contribution in [0.1, 0.15) is 18.1 Å². The van der Waals surface area contributed by atoms with Gasteiger partial charge in [0.25, 0.3) is 0 Å². The first-order valence-corrected chi connectivity index (χ1v) is 6.51. The minimum atomic E-state index is 1.20. The third-order valence-electron chi connectivity index (χ3n) is 2.87. The summed E-state index contributed by atoms with van der Waals surface area (Å²) < 4.78 is 0. The van der Waals surface area contributed by atoms with Gasteiger partial charge in [-0.3, -0.25) is 0 Å². The van der Waals surface area contributed by atoms with Crippen molar-refractivity contribution in [2.75, 3.05) is 0 Å². The third-order valence-corrected chi connectivity index (χ3v) is 2.87. The van der Waals surface area contributed by atoms with Crippen LogP contribution >= 0.6 is 0 Å². The molecule has 0 aromatic heterocycles. The van der Waals surface area contributed by atoms with Crippen LogP contribution in [0.3, 0.4) is 0 Å². The van der Waals surface area contributed by atoms with E-state index >= 15 is 0 Å². The SMILES string of the molecule is CC=C(/C=C/c1ccccc1)/C=C/c1ccccc1. The van der Waals surface area contributed by atoms with Gasteiger partial charge < -0.3 is 0 Å². The molecule has 0 N–H and O–H groups in total. The minimum Gasteiger partial charge on any atom is -0.0804 e. The zero-order chi connectivity index (χ0) is 13.3. The van der Waals surface area contributed by atoms with E-state index in [1.54, 1.807) is 0 Å². The molecule has 0 fully saturated rings. The van der Waals surface area contributed by atoms with E-state index in [1.165, 1.54) is 16.7 Å². The molecule has 0 aliphatic rings. The lowest BCUT2D eigenvalue weighted by Gasteiger charge is -1.95. The molecular formula is C19H18. The Morgan fingerprint density at radius 1 is 0.684 bits per heavy atom. The molecule has 19 heavy (non-hydrogen) atoms. The molecule has 0 nitrogen and oxygen atoms in total. The van der Waals surface area contributed by atoms with Gasteiger partial charge in [0, 0.05) is 0 Å². The van der Waals surface area contributed by atoms with E-state index in [2.05, 4.69) is 85.8 Å². The average molecular weight is 246 g/mol. The maximum Gasteiger partial charge on any atom is -0.0256 e. The summed E-state index contributed by atoms with van der Waals surface area (Å²) >= 11 is 0. The normalized spacial score (nSPS) is 11.0. The molecule has 94 valence electrons. The molecule has 0 spiro atoms. The zero-order valence-corrected chi connectivity index (χ0v) is 11.2. The quantitative estimate of drug-likeness (QED) is 0.637. The molecule has 2 aromatic carbocycles. The van der Waals surface area contributed by atoms with Crippen molar-refractivity contribution in [1.29, 1.82) is 0 Å². The Labute approximate surface area is 115 Å². The molecule has 0 heteroatoms. The Kier molecular flexibility index (Phi) is 4.95. The first kappa shape index (κ1) is 13.1. The first-order valence-electron chi connectivity index (χ1n) is 6.51. The number of allylic oxidation sites excluding steroid dienone is 4. The van der Waals surface area contributed by atoms with Gasteiger partial charge >= 0.3 is 0 Å². The van der Waals surface area contributed by atoms with Crippen LogP contribution in [0, 0.1) is 0 Å². The van der Waals surface area contributed by atoms with E-state index in [0.717, 1.165) is 0 Å². The van der Waals surface area contributed by atoms with Crippen LogP contribution in [0.2, 0.25) is 0 Å². The summed E-state index contributed by atoms with van der Waals surface area (Å²) in [5.41, 5.74) is 3.64. The van der Waals surface area contributed by atoms with E-state index in [0.29, 0.717) is 0 Å². The highest BCUT2D eigenvalue weighted by atomic mass is 13.9. The lowest BCUT2D eigenvalue weighted by molar-refractivity contribution is 1.59. The van der Waals surface area contributed by atoms with Crippen molar-refractivity contribution in [1.82, 2.24) is 0 Å². The summed E-state index contributed by atoms with van der Waals surface area (Å²) in [4.78, 5) is 0. The summed E-state index contributed by atoms with van der Waals surface area (Å²) in [6.45, 7) is 2.06. The van der Waals surface area contributed by atoms with Gasteiger partial charge in [0.15, 0.2) is 0 Å². The Bertz CT molecular complexity index is 520. The van der Waals surface area contributed by atoms with Gasteiger partial charge in [0.1, 0.15) is 0 Å². The van der Waals surface area contributed by atoms with Crippen molar-refractivity contribution >= 4 is 12.2 Å². The van der Waals surface area contributed by atoms with Gasteiger partial charge in [0.2, 0.25) is 0 Å². The second kappa shape index (κ2) is 7.17. The third kappa shape index (κ3) is 4.44. The summed E-state index contributed by atoms with van der Waals surface area (Å²) in [6.07, 6.45) is 10.6. The monoisotopic (exact) mass is 246 g/mol. The number of hydrogen-bond donors (Lipinski definition) is 0. The summed E-state index contributed by atoms with van der Waals surface area (Å²) in [6, 6.07) is 20.7. The standard InChI is InChI=1S/C19H18/c1-2-17(13-15-18-9-5-3-6-10-18)14-16-19-11-7-4-8-12-19/h2-16H,1H3/b15-13+,16-14+. The zero-order valence-electron chi connectivity index (χ0n) is 11.2. The van der Waals surface area contributed by atoms with Crippen LogP contribution in [-0.4, -0.2) is 0 Å². The molecule has 0 atom stereocenters. The van der Waals surface area contributed by atoms with Gasteiger partial charge in [-0.25, -0.2) is 0 Å². The van der Waals surface area contributed by atoms with Gasteiger partial charge in [-0.1, -0.05) is 91.0 Å². The second-order valence-corrected chi connectivity index (χ2v) is 4.28. The van der Waals surface area contributed by atoms with Crippen LogP contribution in [0.5, 0.6) is 0 Å². The van der Waals surface area contributed by atoms with Crippen molar-refractivity contribution in [3.8, 4) is 0 Å². The maximum atomic E-state index is 2.13. The molecule has 2 rings (SSSR count). The van der Waals surface area contributed by atoms with Crippen molar-refractivity contribution in [2.45, 2.75) is 6.92 Å². The smallest absolute Gasteiger partial charge is 0.0256 e. The molecule has 0 amide bonds. The largest absolute Gasteiger partial charge is 0.0804 e. The molecule has 0 saturated carbocycles. The fourth-order valence-corrected chi connectivity index (χ4v) is 1.76. The van der Waals surface area contributed by atoms with Crippen LogP contribution in [-0.2, 0) is 0 Å². The molecular weight excluding hydrogens is 228 g/mol. The highest BCUT2D eigenvalue weighted by Gasteiger charge is 1.87. The van der Waals surface area contributed by atoms with Crippen molar-refractivity contribution < 1.29 is 0 Å². The number of benzene rings is 2. The van der Waals surface area contributed by atoms with Crippen LogP contribution in [0.4, 0.5) is 0 Å². The predicted molar refractivity (Wildman–Crippen MR) is 84.7 cm³/mol. The van der Waals surface area contributed by atoms with Gasteiger partial charge in [-0.2, -0.15) is 0 Å². The van der Waals surface area contributed by atoms with Gasteiger partial charge in [-0.15, -0.1) is 0 Å². The highest BCUT2D eigenvalue weighted by molar-refractivity contribution is 5.59. The second-order valence-electron chi connectivity index (χ2n) is 4.28. The van der Waals surface area contributed by atoms with E-state index < -0.39 is 0 Å². The average Bonchev–Trinajstić information content (AvgIpc) is 2.49.